The highest BCUT2D eigenvalue weighted by molar-refractivity contribution is 6.23. The van der Waals surface area contributed by atoms with Gasteiger partial charge in [-0.2, -0.15) is 0 Å². The fraction of sp³-hybridized carbons (Fsp3) is 0.250. The number of benzene rings is 4. The fourth-order valence-corrected chi connectivity index (χ4v) is 6.78. The van der Waals surface area contributed by atoms with Crippen molar-refractivity contribution in [3.05, 3.63) is 131 Å². The third-order valence-electron chi connectivity index (χ3n) is 9.38. The van der Waals surface area contributed by atoms with Gasteiger partial charge in [-0.1, -0.05) is 61.9 Å². The Morgan fingerprint density at radius 3 is 2.45 bits per heavy atom. The molecule has 7 rings (SSSR count). The summed E-state index contributed by atoms with van der Waals surface area (Å²) < 4.78 is 2.09. The monoisotopic (exact) mass is 623 g/mol. The average Bonchev–Trinajstić information content (AvgIpc) is 3.65. The second-order valence-electron chi connectivity index (χ2n) is 12.6. The van der Waals surface area contributed by atoms with Crippen LogP contribution in [0.15, 0.2) is 108 Å². The summed E-state index contributed by atoms with van der Waals surface area (Å²) in [5.41, 5.74) is 7.58. The predicted octanol–water partition coefficient (Wildman–Crippen LogP) is 8.40. The summed E-state index contributed by atoms with van der Waals surface area (Å²) in [6.45, 7) is 5.31. The maximum atomic E-state index is 13.6. The minimum atomic E-state index is -0.164. The molecule has 4 aromatic carbocycles. The molecule has 1 atom stereocenters. The number of nitrogens with one attached hydrogen (secondary N) is 2. The van der Waals surface area contributed by atoms with E-state index in [0.717, 1.165) is 64.7 Å². The summed E-state index contributed by atoms with van der Waals surface area (Å²) in [6.07, 6.45) is 6.66. The van der Waals surface area contributed by atoms with Crippen molar-refractivity contribution < 1.29 is 9.90 Å². The van der Waals surface area contributed by atoms with Crippen LogP contribution < -0.4 is 5.32 Å². The summed E-state index contributed by atoms with van der Waals surface area (Å²) in [5, 5.41) is 16.4. The van der Waals surface area contributed by atoms with Crippen molar-refractivity contribution in [2.75, 3.05) is 13.1 Å². The molecule has 1 aliphatic rings. The summed E-state index contributed by atoms with van der Waals surface area (Å²) in [5.74, 6) is -0.148. The number of aromatic nitrogens is 2. The molecule has 7 nitrogen and oxygen atoms in total. The lowest BCUT2D eigenvalue weighted by molar-refractivity contribution is 0.0935. The van der Waals surface area contributed by atoms with Gasteiger partial charge in [-0.25, -0.2) is 4.99 Å². The van der Waals surface area contributed by atoms with E-state index < -0.39 is 0 Å². The van der Waals surface area contributed by atoms with E-state index in [9.17, 15) is 9.90 Å². The van der Waals surface area contributed by atoms with Crippen LogP contribution >= 0.6 is 0 Å². The quantitative estimate of drug-likeness (QED) is 0.141. The number of aromatic amines is 1. The van der Waals surface area contributed by atoms with Gasteiger partial charge in [0.05, 0.1) is 23.0 Å². The van der Waals surface area contributed by atoms with E-state index in [1.165, 1.54) is 24.8 Å². The number of H-pyrrole nitrogens is 1. The van der Waals surface area contributed by atoms with Crippen molar-refractivity contribution in [2.45, 2.75) is 45.2 Å². The Hall–Kier alpha value is -5.14. The first-order valence-corrected chi connectivity index (χ1v) is 16.6. The lowest BCUT2D eigenvalue weighted by Gasteiger charge is -2.26. The Morgan fingerprint density at radius 2 is 1.68 bits per heavy atom. The maximum Gasteiger partial charge on any atom is 0.251 e. The van der Waals surface area contributed by atoms with Gasteiger partial charge < -0.3 is 20.0 Å². The van der Waals surface area contributed by atoms with E-state index >= 15 is 0 Å². The number of aryl methyl sites for hydroxylation is 1. The normalized spacial score (nSPS) is 14.9. The van der Waals surface area contributed by atoms with E-state index in [1.807, 2.05) is 61.8 Å². The summed E-state index contributed by atoms with van der Waals surface area (Å²) in [6, 6.07) is 32.2. The predicted molar refractivity (Wildman–Crippen MR) is 191 cm³/mol. The molecule has 1 fully saturated rings. The van der Waals surface area contributed by atoms with Gasteiger partial charge >= 0.3 is 0 Å². The van der Waals surface area contributed by atoms with Crippen LogP contribution in [0.4, 0.5) is 5.69 Å². The molecule has 47 heavy (non-hydrogen) atoms. The Balaban J connectivity index is 1.28. The zero-order chi connectivity index (χ0) is 32.3. The standard InChI is InChI=1S/C40H41N5O2/c1-3-34(28-10-6-4-7-11-28)42-39(46)31-14-18-35-33(25-31)37(40(47)43-35)38(30-15-19-36-29(24-30)20-23-44(36)2)41-32-16-12-27(13-17-32)26-45-21-8-5-9-22-45/h4,6-7,10-20,23-25,34,43,47H,3,5,8-9,21-22,26H2,1-2H3,(H,42,46)/t34-/m1/s1. The van der Waals surface area contributed by atoms with Crippen molar-refractivity contribution in [1.82, 2.24) is 19.8 Å². The molecule has 0 unspecified atom stereocenters. The minimum absolute atomic E-state index is 0.0157. The number of nitrogens with zero attached hydrogens (tertiary/aromatic N) is 3. The van der Waals surface area contributed by atoms with Crippen LogP contribution in [0.25, 0.3) is 21.8 Å². The van der Waals surface area contributed by atoms with Gasteiger partial charge in [0, 0.05) is 52.7 Å². The number of hydrogen-bond acceptors (Lipinski definition) is 4. The molecule has 1 amide bonds. The molecule has 0 bridgehead atoms. The first-order chi connectivity index (χ1) is 23.0. The third-order valence-corrected chi connectivity index (χ3v) is 9.38. The third kappa shape index (κ3) is 6.44. The van der Waals surface area contributed by atoms with E-state index in [1.54, 1.807) is 6.07 Å². The van der Waals surface area contributed by atoms with Crippen molar-refractivity contribution >= 4 is 39.1 Å². The molecule has 1 aliphatic heterocycles. The molecule has 0 aliphatic carbocycles. The minimum Gasteiger partial charge on any atom is -0.494 e. The highest BCUT2D eigenvalue weighted by atomic mass is 16.3. The lowest BCUT2D eigenvalue weighted by Crippen LogP contribution is -2.28. The second kappa shape index (κ2) is 13.3. The summed E-state index contributed by atoms with van der Waals surface area (Å²) in [4.78, 5) is 24.4. The maximum absolute atomic E-state index is 13.6. The van der Waals surface area contributed by atoms with Gasteiger partial charge in [-0.05, 0) is 92.0 Å². The van der Waals surface area contributed by atoms with Gasteiger partial charge in [0.2, 0.25) is 0 Å². The van der Waals surface area contributed by atoms with Crippen molar-refractivity contribution in [3.8, 4) is 5.88 Å². The number of carbonyl (C=O) groups is 1. The van der Waals surface area contributed by atoms with Crippen LogP contribution in [0.1, 0.15) is 71.3 Å². The van der Waals surface area contributed by atoms with Crippen LogP contribution in [-0.2, 0) is 13.6 Å². The molecule has 0 radical (unpaired) electrons. The number of fused-ring (bicyclic) bond motifs is 2. The molecule has 0 saturated carbocycles. The number of likely N-dealkylation sites (tertiary alicyclic amines) is 1. The van der Waals surface area contributed by atoms with Crippen LogP contribution in [-0.4, -0.2) is 44.3 Å². The number of carbonyl (C=O) groups excluding carboxylic acids is 1. The van der Waals surface area contributed by atoms with Crippen molar-refractivity contribution in [3.63, 3.8) is 0 Å². The van der Waals surface area contributed by atoms with Gasteiger partial charge in [0.25, 0.3) is 5.91 Å². The first-order valence-electron chi connectivity index (χ1n) is 16.6. The van der Waals surface area contributed by atoms with E-state index in [0.29, 0.717) is 16.8 Å². The largest absolute Gasteiger partial charge is 0.494 e. The summed E-state index contributed by atoms with van der Waals surface area (Å²) in [7, 11) is 2.03. The van der Waals surface area contributed by atoms with E-state index in [2.05, 4.69) is 69.2 Å². The van der Waals surface area contributed by atoms with Crippen LogP contribution in [0.5, 0.6) is 5.88 Å². The van der Waals surface area contributed by atoms with Crippen LogP contribution in [0, 0.1) is 0 Å². The second-order valence-corrected chi connectivity index (χ2v) is 12.6. The fourth-order valence-electron chi connectivity index (χ4n) is 6.78. The smallest absolute Gasteiger partial charge is 0.251 e. The summed E-state index contributed by atoms with van der Waals surface area (Å²) >= 11 is 0. The van der Waals surface area contributed by atoms with Gasteiger partial charge in [-0.15, -0.1) is 0 Å². The molecule has 6 aromatic rings. The average molecular weight is 624 g/mol. The number of hydrogen-bond donors (Lipinski definition) is 3. The molecular formula is C40H41N5O2. The SMILES string of the molecule is CC[C@@H](NC(=O)c1ccc2[nH]c(O)c(C(=Nc3ccc(CN4CCCCC4)cc3)c3ccc4c(ccn4C)c3)c2c1)c1ccccc1. The Bertz CT molecular complexity index is 2050. The molecule has 1 saturated heterocycles. The molecule has 3 N–H and O–H groups in total. The van der Waals surface area contributed by atoms with Gasteiger partial charge in [0.15, 0.2) is 5.88 Å². The highest BCUT2D eigenvalue weighted by Gasteiger charge is 2.22. The first kappa shape index (κ1) is 30.5. The van der Waals surface area contributed by atoms with Gasteiger partial charge in [0.1, 0.15) is 0 Å². The van der Waals surface area contributed by atoms with Crippen molar-refractivity contribution in [2.24, 2.45) is 12.0 Å². The number of amides is 1. The number of aromatic hydroxyl groups is 1. The number of rotatable bonds is 9. The highest BCUT2D eigenvalue weighted by Crippen LogP contribution is 2.33. The Morgan fingerprint density at radius 1 is 0.915 bits per heavy atom. The van der Waals surface area contributed by atoms with E-state index in [-0.39, 0.29) is 17.8 Å². The lowest BCUT2D eigenvalue weighted by atomic mass is 9.98. The topological polar surface area (TPSA) is 85.7 Å². The zero-order valence-electron chi connectivity index (χ0n) is 27.0. The number of piperidine rings is 1. The Kier molecular flexibility index (Phi) is 8.64. The molecule has 238 valence electrons. The molecular weight excluding hydrogens is 582 g/mol. The van der Waals surface area contributed by atoms with Gasteiger partial charge in [-0.3, -0.25) is 9.69 Å². The molecule has 3 heterocycles. The molecule has 2 aromatic heterocycles. The van der Waals surface area contributed by atoms with Crippen LogP contribution in [0.3, 0.4) is 0 Å². The number of aliphatic imine (C=N–C) groups is 1. The van der Waals surface area contributed by atoms with Crippen LogP contribution in [0.2, 0.25) is 0 Å². The zero-order valence-corrected chi connectivity index (χ0v) is 27.0. The van der Waals surface area contributed by atoms with Crippen molar-refractivity contribution in [1.29, 1.82) is 0 Å². The molecule has 0 spiro atoms. The van der Waals surface area contributed by atoms with E-state index in [4.69, 9.17) is 4.99 Å². The molecule has 7 heteroatoms. The Labute approximate surface area is 275 Å².